The van der Waals surface area contributed by atoms with E-state index in [1.807, 2.05) is 60.4 Å². The highest BCUT2D eigenvalue weighted by molar-refractivity contribution is 9.10. The van der Waals surface area contributed by atoms with Gasteiger partial charge >= 0.3 is 0 Å². The number of benzene rings is 2. The molecule has 0 unspecified atom stereocenters. The molecule has 10 nitrogen and oxygen atoms in total. The Labute approximate surface area is 238 Å². The van der Waals surface area contributed by atoms with Crippen LogP contribution in [0.4, 0.5) is 17.2 Å². The molecule has 0 saturated carbocycles. The fraction of sp³-hybridized carbons (Fsp3) is 0.231. The van der Waals surface area contributed by atoms with Crippen molar-refractivity contribution in [3.8, 4) is 5.69 Å². The van der Waals surface area contributed by atoms with Crippen molar-refractivity contribution in [1.29, 1.82) is 0 Å². The number of hydrogen-bond acceptors (Lipinski definition) is 7. The highest BCUT2D eigenvalue weighted by Gasteiger charge is 2.46. The third kappa shape index (κ3) is 4.46. The number of para-hydroxylation sites is 1. The Balaban J connectivity index is 1.70. The Morgan fingerprint density at radius 2 is 1.90 bits per heavy atom. The molecular formula is C26H25BrN7O3PS. The van der Waals surface area contributed by atoms with Crippen molar-refractivity contribution in [3.05, 3.63) is 91.2 Å². The SMILES string of the molecule is Cc1nn(-c2ccccc2)c2c1[P@](=Nc1ccc([N+](=O)[O-])cc1Br)(N1CCOCC1)N(C)C(c1cccs1)=N2. The van der Waals surface area contributed by atoms with E-state index in [9.17, 15) is 10.1 Å². The van der Waals surface area contributed by atoms with Gasteiger partial charge < -0.3 is 9.41 Å². The molecule has 2 aromatic heterocycles. The smallest absolute Gasteiger partial charge is 0.270 e. The first-order valence-electron chi connectivity index (χ1n) is 12.3. The molecule has 6 rings (SSSR count). The van der Waals surface area contributed by atoms with Gasteiger partial charge in [-0.2, -0.15) is 5.10 Å². The molecule has 2 aliphatic rings. The highest BCUT2D eigenvalue weighted by atomic mass is 79.9. The molecule has 1 saturated heterocycles. The van der Waals surface area contributed by atoms with E-state index in [1.54, 1.807) is 17.4 Å². The maximum absolute atomic E-state index is 11.4. The number of aliphatic imine (C=N–C) groups is 1. The molecule has 2 aromatic carbocycles. The lowest BCUT2D eigenvalue weighted by atomic mass is 10.3. The first kappa shape index (κ1) is 26.1. The fourth-order valence-electron chi connectivity index (χ4n) is 4.97. The topological polar surface area (TPSA) is 101 Å². The van der Waals surface area contributed by atoms with E-state index in [4.69, 9.17) is 19.6 Å². The second-order valence-electron chi connectivity index (χ2n) is 9.07. The largest absolute Gasteiger partial charge is 0.379 e. The second kappa shape index (κ2) is 10.4. The maximum Gasteiger partial charge on any atom is 0.270 e. The van der Waals surface area contributed by atoms with Crippen LogP contribution in [0.1, 0.15) is 10.6 Å². The number of halogens is 1. The van der Waals surface area contributed by atoms with E-state index in [2.05, 4.69) is 31.3 Å². The lowest BCUT2D eigenvalue weighted by Gasteiger charge is -2.46. The number of thiophene rings is 1. The normalized spacial score (nSPS) is 19.5. The maximum atomic E-state index is 11.4. The molecule has 0 spiro atoms. The summed E-state index contributed by atoms with van der Waals surface area (Å²) in [5, 5.41) is 19.5. The van der Waals surface area contributed by atoms with Gasteiger partial charge in [-0.05, 0) is 52.5 Å². The fourth-order valence-corrected chi connectivity index (χ4v) is 10.2. The van der Waals surface area contributed by atoms with Gasteiger partial charge in [-0.25, -0.2) is 19.1 Å². The number of aromatic nitrogens is 2. The van der Waals surface area contributed by atoms with Gasteiger partial charge in [0.1, 0.15) is 0 Å². The van der Waals surface area contributed by atoms with E-state index < -0.39 is 12.3 Å². The Morgan fingerprint density at radius 3 is 2.56 bits per heavy atom. The van der Waals surface area contributed by atoms with Gasteiger partial charge in [-0.1, -0.05) is 24.3 Å². The van der Waals surface area contributed by atoms with Crippen molar-refractivity contribution >= 4 is 63.0 Å². The lowest BCUT2D eigenvalue weighted by Crippen LogP contribution is -2.45. The molecular weight excluding hydrogens is 601 g/mol. The molecule has 1 fully saturated rings. The number of aryl methyl sites for hydroxylation is 1. The Bertz CT molecular complexity index is 1630. The molecule has 0 bridgehead atoms. The molecule has 13 heteroatoms. The van der Waals surface area contributed by atoms with Crippen LogP contribution in [0, 0.1) is 17.0 Å². The average Bonchev–Trinajstić information content (AvgIpc) is 3.60. The zero-order valence-electron chi connectivity index (χ0n) is 21.3. The summed E-state index contributed by atoms with van der Waals surface area (Å²) in [7, 11) is -0.716. The number of hydrogen-bond donors (Lipinski definition) is 0. The van der Waals surface area contributed by atoms with E-state index in [0.29, 0.717) is 36.5 Å². The van der Waals surface area contributed by atoms with Crippen LogP contribution in [0.15, 0.2) is 80.3 Å². The average molecular weight is 626 g/mol. The number of morpholine rings is 1. The van der Waals surface area contributed by atoms with Gasteiger partial charge in [0.05, 0.1) is 49.9 Å². The van der Waals surface area contributed by atoms with Crippen LogP contribution in [-0.2, 0) is 4.74 Å². The van der Waals surface area contributed by atoms with Gasteiger partial charge in [0.25, 0.3) is 5.69 Å². The van der Waals surface area contributed by atoms with E-state index in [1.165, 1.54) is 12.1 Å². The molecule has 0 radical (unpaired) electrons. The van der Waals surface area contributed by atoms with Crippen LogP contribution in [0.25, 0.3) is 5.69 Å². The molecule has 0 N–H and O–H groups in total. The van der Waals surface area contributed by atoms with Gasteiger partial charge in [0.2, 0.25) is 0 Å². The van der Waals surface area contributed by atoms with Crippen molar-refractivity contribution in [2.45, 2.75) is 6.92 Å². The molecule has 4 aromatic rings. The standard InChI is InChI=1S/C26H25BrN7O3PS/c1-18-24-26(33(29-18)19-7-4-3-5-8-19)28-25(23-9-6-16-39-23)31(2)38(24,32-12-14-37-15-13-32)30-22-11-10-20(34(35)36)17-21(22)27/h3-11,16-17H,12-15H2,1-2H3/t38-/m1/s1. The van der Waals surface area contributed by atoms with E-state index in [0.717, 1.165) is 33.2 Å². The lowest BCUT2D eigenvalue weighted by molar-refractivity contribution is -0.384. The van der Waals surface area contributed by atoms with Crippen LogP contribution < -0.4 is 5.30 Å². The number of nitrogens with zero attached hydrogens (tertiary/aromatic N) is 7. The zero-order chi connectivity index (χ0) is 27.1. The number of rotatable bonds is 5. The number of nitro benzene ring substituents is 1. The van der Waals surface area contributed by atoms with Crippen molar-refractivity contribution in [2.75, 3.05) is 33.4 Å². The van der Waals surface area contributed by atoms with Crippen LogP contribution in [0.3, 0.4) is 0 Å². The van der Waals surface area contributed by atoms with Crippen molar-refractivity contribution in [3.63, 3.8) is 0 Å². The molecule has 2 aliphatic heterocycles. The quantitative estimate of drug-likeness (QED) is 0.147. The number of nitro groups is 1. The summed E-state index contributed by atoms with van der Waals surface area (Å²) in [5.74, 6) is 1.57. The third-order valence-electron chi connectivity index (χ3n) is 6.76. The van der Waals surface area contributed by atoms with E-state index >= 15 is 0 Å². The van der Waals surface area contributed by atoms with Gasteiger partial charge in [0, 0.05) is 32.3 Å². The zero-order valence-corrected chi connectivity index (χ0v) is 24.6. The van der Waals surface area contributed by atoms with Gasteiger partial charge in [-0.15, -0.1) is 11.3 Å². The molecule has 1 atom stereocenters. The highest BCUT2D eigenvalue weighted by Crippen LogP contribution is 2.62. The summed E-state index contributed by atoms with van der Waals surface area (Å²) in [5.41, 5.74) is 2.40. The number of ether oxygens (including phenoxy) is 1. The Kier molecular flexibility index (Phi) is 6.98. The first-order chi connectivity index (χ1) is 18.9. The third-order valence-corrected chi connectivity index (χ3v) is 12.1. The van der Waals surface area contributed by atoms with Crippen molar-refractivity contribution < 1.29 is 9.66 Å². The molecule has 4 heterocycles. The van der Waals surface area contributed by atoms with Crippen LogP contribution in [0.2, 0.25) is 0 Å². The summed E-state index contributed by atoms with van der Waals surface area (Å²) >= 11 is 5.20. The minimum atomic E-state index is -2.76. The molecule has 39 heavy (non-hydrogen) atoms. The van der Waals surface area contributed by atoms with Gasteiger partial charge in [-0.3, -0.25) is 10.1 Å². The second-order valence-corrected chi connectivity index (χ2v) is 13.8. The summed E-state index contributed by atoms with van der Waals surface area (Å²) < 4.78 is 18.4. The van der Waals surface area contributed by atoms with E-state index in [-0.39, 0.29) is 5.69 Å². The molecule has 0 amide bonds. The number of non-ortho nitro benzene ring substituents is 1. The summed E-state index contributed by atoms with van der Waals surface area (Å²) in [4.78, 5) is 17.3. The molecule has 200 valence electrons. The van der Waals surface area contributed by atoms with Crippen molar-refractivity contribution in [2.24, 2.45) is 9.74 Å². The summed E-state index contributed by atoms with van der Waals surface area (Å²) in [6.07, 6.45) is 0. The monoisotopic (exact) mass is 625 g/mol. The Hall–Kier alpha value is -3.15. The minimum absolute atomic E-state index is 0.00573. The predicted molar refractivity (Wildman–Crippen MR) is 158 cm³/mol. The van der Waals surface area contributed by atoms with Crippen LogP contribution in [0.5, 0.6) is 0 Å². The minimum Gasteiger partial charge on any atom is -0.379 e. The first-order valence-corrected chi connectivity index (χ1v) is 15.6. The summed E-state index contributed by atoms with van der Waals surface area (Å²) in [6, 6.07) is 18.8. The summed E-state index contributed by atoms with van der Waals surface area (Å²) in [6.45, 7) is 4.53. The Morgan fingerprint density at radius 1 is 1.13 bits per heavy atom. The number of fused-ring (bicyclic) bond motifs is 1. The predicted octanol–water partition coefficient (Wildman–Crippen LogP) is 6.26. The van der Waals surface area contributed by atoms with Crippen LogP contribution in [-0.4, -0.2) is 63.2 Å². The molecule has 0 aliphatic carbocycles. The number of amidine groups is 1. The van der Waals surface area contributed by atoms with Crippen LogP contribution >= 0.6 is 34.6 Å². The van der Waals surface area contributed by atoms with Gasteiger partial charge in [0.15, 0.2) is 19.0 Å². The van der Waals surface area contributed by atoms with Crippen molar-refractivity contribution in [1.82, 2.24) is 19.1 Å².